The lowest BCUT2D eigenvalue weighted by Crippen LogP contribution is -2.36. The molecule has 1 aliphatic rings. The Hall–Kier alpha value is -2.53. The number of benzene rings is 1. The fourth-order valence-electron chi connectivity index (χ4n) is 2.90. The topological polar surface area (TPSA) is 55.8 Å². The minimum atomic E-state index is 0.761. The van der Waals surface area contributed by atoms with Crippen LogP contribution >= 0.6 is 0 Å². The number of hydrogen-bond donors (Lipinski definition) is 1. The summed E-state index contributed by atoms with van der Waals surface area (Å²) in [5.41, 5.74) is 10.9. The van der Waals surface area contributed by atoms with Crippen LogP contribution in [0.5, 0.6) is 0 Å². The smallest absolute Gasteiger partial charge is 0.139 e. The molecular formula is C17H18N4O. The van der Waals surface area contributed by atoms with Gasteiger partial charge in [0, 0.05) is 42.3 Å². The van der Waals surface area contributed by atoms with Gasteiger partial charge in [0.15, 0.2) is 0 Å². The van der Waals surface area contributed by atoms with E-state index in [1.165, 1.54) is 5.69 Å². The SMILES string of the molecule is Nc1cccc(-c2cnc3cc(N4CCOCC4)ccn23)c1. The quantitative estimate of drug-likeness (QED) is 0.738. The summed E-state index contributed by atoms with van der Waals surface area (Å²) in [5.74, 6) is 0. The first-order chi connectivity index (χ1) is 10.8. The van der Waals surface area contributed by atoms with Crippen LogP contribution in [0.25, 0.3) is 16.9 Å². The number of pyridine rings is 1. The molecule has 2 N–H and O–H groups in total. The van der Waals surface area contributed by atoms with Crippen LogP contribution < -0.4 is 10.6 Å². The van der Waals surface area contributed by atoms with Crippen LogP contribution in [0.15, 0.2) is 48.8 Å². The van der Waals surface area contributed by atoms with Crippen molar-refractivity contribution in [3.8, 4) is 11.3 Å². The van der Waals surface area contributed by atoms with E-state index in [0.29, 0.717) is 0 Å². The van der Waals surface area contributed by atoms with Crippen LogP contribution in [0, 0.1) is 0 Å². The molecule has 0 radical (unpaired) electrons. The van der Waals surface area contributed by atoms with E-state index in [-0.39, 0.29) is 0 Å². The van der Waals surface area contributed by atoms with Crippen molar-refractivity contribution in [2.24, 2.45) is 0 Å². The molecule has 3 aromatic rings. The molecular weight excluding hydrogens is 276 g/mol. The van der Waals surface area contributed by atoms with E-state index in [1.54, 1.807) is 0 Å². The lowest BCUT2D eigenvalue weighted by molar-refractivity contribution is 0.122. The van der Waals surface area contributed by atoms with Crippen molar-refractivity contribution in [3.63, 3.8) is 0 Å². The summed E-state index contributed by atoms with van der Waals surface area (Å²) in [6.07, 6.45) is 3.97. The molecule has 0 amide bonds. The largest absolute Gasteiger partial charge is 0.399 e. The number of anilines is 2. The number of rotatable bonds is 2. The third-order valence-corrected chi connectivity index (χ3v) is 4.06. The first-order valence-corrected chi connectivity index (χ1v) is 7.47. The van der Waals surface area contributed by atoms with E-state index < -0.39 is 0 Å². The number of morpholine rings is 1. The van der Waals surface area contributed by atoms with Gasteiger partial charge in [0.25, 0.3) is 0 Å². The van der Waals surface area contributed by atoms with Crippen LogP contribution in [0.1, 0.15) is 0 Å². The molecule has 1 aromatic carbocycles. The molecule has 1 fully saturated rings. The van der Waals surface area contributed by atoms with Crippen molar-refractivity contribution in [1.82, 2.24) is 9.38 Å². The predicted octanol–water partition coefficient (Wildman–Crippen LogP) is 2.42. The third-order valence-electron chi connectivity index (χ3n) is 4.06. The van der Waals surface area contributed by atoms with Gasteiger partial charge < -0.3 is 15.4 Å². The Morgan fingerprint density at radius 3 is 2.77 bits per heavy atom. The number of imidazole rings is 1. The molecule has 22 heavy (non-hydrogen) atoms. The monoisotopic (exact) mass is 294 g/mol. The second-order valence-corrected chi connectivity index (χ2v) is 5.48. The van der Waals surface area contributed by atoms with E-state index in [2.05, 4.69) is 38.7 Å². The maximum atomic E-state index is 5.88. The Labute approximate surface area is 128 Å². The molecule has 3 heterocycles. The molecule has 5 heteroatoms. The highest BCUT2D eigenvalue weighted by Gasteiger charge is 2.13. The van der Waals surface area contributed by atoms with E-state index in [4.69, 9.17) is 10.5 Å². The zero-order chi connectivity index (χ0) is 14.9. The number of nitrogens with two attached hydrogens (primary N) is 1. The van der Waals surface area contributed by atoms with Crippen molar-refractivity contribution in [2.75, 3.05) is 36.9 Å². The Morgan fingerprint density at radius 2 is 1.95 bits per heavy atom. The second kappa shape index (κ2) is 5.35. The van der Waals surface area contributed by atoms with Crippen molar-refractivity contribution < 1.29 is 4.74 Å². The highest BCUT2D eigenvalue weighted by Crippen LogP contribution is 2.25. The molecule has 0 saturated carbocycles. The minimum absolute atomic E-state index is 0.761. The maximum absolute atomic E-state index is 5.88. The van der Waals surface area contributed by atoms with Crippen LogP contribution in [-0.2, 0) is 4.74 Å². The van der Waals surface area contributed by atoms with E-state index in [0.717, 1.165) is 48.9 Å². The lowest BCUT2D eigenvalue weighted by Gasteiger charge is -2.28. The van der Waals surface area contributed by atoms with E-state index in [9.17, 15) is 0 Å². The normalized spacial score (nSPS) is 15.4. The van der Waals surface area contributed by atoms with Crippen molar-refractivity contribution in [1.29, 1.82) is 0 Å². The summed E-state index contributed by atoms with van der Waals surface area (Å²) in [4.78, 5) is 6.88. The summed E-state index contributed by atoms with van der Waals surface area (Å²) in [6, 6.07) is 12.1. The Bertz CT molecular complexity index is 805. The summed E-state index contributed by atoms with van der Waals surface area (Å²) >= 11 is 0. The number of nitrogens with zero attached hydrogens (tertiary/aromatic N) is 3. The Kier molecular flexibility index (Phi) is 3.20. The number of aromatic nitrogens is 2. The Balaban J connectivity index is 1.74. The summed E-state index contributed by atoms with van der Waals surface area (Å²) < 4.78 is 7.50. The number of ether oxygens (including phenoxy) is 1. The second-order valence-electron chi connectivity index (χ2n) is 5.48. The zero-order valence-corrected chi connectivity index (χ0v) is 12.3. The average molecular weight is 294 g/mol. The zero-order valence-electron chi connectivity index (χ0n) is 12.3. The van der Waals surface area contributed by atoms with Gasteiger partial charge in [0.2, 0.25) is 0 Å². The van der Waals surface area contributed by atoms with Crippen molar-refractivity contribution in [3.05, 3.63) is 48.8 Å². The number of nitrogen functional groups attached to an aromatic ring is 1. The summed E-state index contributed by atoms with van der Waals surface area (Å²) in [5, 5.41) is 0. The molecule has 112 valence electrons. The molecule has 0 unspecified atom stereocenters. The van der Waals surface area contributed by atoms with Gasteiger partial charge in [-0.05, 0) is 18.2 Å². The van der Waals surface area contributed by atoms with Gasteiger partial charge >= 0.3 is 0 Å². The molecule has 4 rings (SSSR count). The molecule has 1 aliphatic heterocycles. The standard InChI is InChI=1S/C17H18N4O/c18-14-3-1-2-13(10-14)16-12-19-17-11-15(4-5-21(16)17)20-6-8-22-9-7-20/h1-5,10-12H,6-9,18H2. The molecule has 0 bridgehead atoms. The molecule has 1 saturated heterocycles. The van der Waals surface area contributed by atoms with Gasteiger partial charge in [-0.15, -0.1) is 0 Å². The molecule has 5 nitrogen and oxygen atoms in total. The van der Waals surface area contributed by atoms with Gasteiger partial charge in [0.1, 0.15) is 5.65 Å². The Morgan fingerprint density at radius 1 is 1.09 bits per heavy atom. The number of fused-ring (bicyclic) bond motifs is 1. The predicted molar refractivity (Wildman–Crippen MR) is 88.1 cm³/mol. The average Bonchev–Trinajstić information content (AvgIpc) is 2.99. The van der Waals surface area contributed by atoms with Crippen LogP contribution in [0.3, 0.4) is 0 Å². The van der Waals surface area contributed by atoms with Gasteiger partial charge in [0.05, 0.1) is 25.1 Å². The van der Waals surface area contributed by atoms with Crippen LogP contribution in [0.4, 0.5) is 11.4 Å². The lowest BCUT2D eigenvalue weighted by atomic mass is 10.1. The van der Waals surface area contributed by atoms with Gasteiger partial charge in [-0.2, -0.15) is 0 Å². The van der Waals surface area contributed by atoms with Gasteiger partial charge in [-0.3, -0.25) is 4.40 Å². The fourth-order valence-corrected chi connectivity index (χ4v) is 2.90. The minimum Gasteiger partial charge on any atom is -0.399 e. The molecule has 0 aliphatic carbocycles. The van der Waals surface area contributed by atoms with Crippen LogP contribution in [0.2, 0.25) is 0 Å². The van der Waals surface area contributed by atoms with Crippen molar-refractivity contribution >= 4 is 17.0 Å². The van der Waals surface area contributed by atoms with E-state index >= 15 is 0 Å². The summed E-state index contributed by atoms with van der Waals surface area (Å²) in [7, 11) is 0. The first kappa shape index (κ1) is 13.2. The summed E-state index contributed by atoms with van der Waals surface area (Å²) in [6.45, 7) is 3.43. The van der Waals surface area contributed by atoms with Crippen molar-refractivity contribution in [2.45, 2.75) is 0 Å². The number of hydrogen-bond acceptors (Lipinski definition) is 4. The molecule has 2 aromatic heterocycles. The fraction of sp³-hybridized carbons (Fsp3) is 0.235. The highest BCUT2D eigenvalue weighted by atomic mass is 16.5. The van der Waals surface area contributed by atoms with Crippen LogP contribution in [-0.4, -0.2) is 35.7 Å². The molecule has 0 spiro atoms. The third kappa shape index (κ3) is 2.29. The first-order valence-electron chi connectivity index (χ1n) is 7.47. The van der Waals surface area contributed by atoms with Gasteiger partial charge in [-0.25, -0.2) is 4.98 Å². The molecule has 0 atom stereocenters. The highest BCUT2D eigenvalue weighted by molar-refractivity contribution is 5.69. The van der Waals surface area contributed by atoms with Gasteiger partial charge in [-0.1, -0.05) is 12.1 Å². The maximum Gasteiger partial charge on any atom is 0.139 e. The van der Waals surface area contributed by atoms with E-state index in [1.807, 2.05) is 24.4 Å².